The average molecular weight is 519 g/mol. The molecule has 1 aliphatic carbocycles. The molecule has 2 fully saturated rings. The number of hydrogen-bond acceptors (Lipinski definition) is 4. The summed E-state index contributed by atoms with van der Waals surface area (Å²) in [5.74, 6) is -1.10. The van der Waals surface area contributed by atoms with Crippen LogP contribution in [-0.4, -0.2) is 22.5 Å². The third-order valence-electron chi connectivity index (χ3n) is 6.55. The summed E-state index contributed by atoms with van der Waals surface area (Å²) < 4.78 is 55.4. The van der Waals surface area contributed by atoms with Gasteiger partial charge in [0.25, 0.3) is 5.91 Å². The number of amides is 2. The topological polar surface area (TPSA) is 76.4 Å². The Labute approximate surface area is 210 Å². The van der Waals surface area contributed by atoms with Crippen molar-refractivity contribution < 1.29 is 27.2 Å². The van der Waals surface area contributed by atoms with Gasteiger partial charge in [0.15, 0.2) is 5.11 Å². The van der Waals surface area contributed by atoms with Gasteiger partial charge in [-0.1, -0.05) is 13.0 Å². The second kappa shape index (κ2) is 8.85. The zero-order valence-electron chi connectivity index (χ0n) is 19.6. The predicted molar refractivity (Wildman–Crippen MR) is 128 cm³/mol. The van der Waals surface area contributed by atoms with Crippen molar-refractivity contribution >= 4 is 40.5 Å². The number of nitriles is 1. The highest BCUT2D eigenvalue weighted by Gasteiger charge is 2.51. The van der Waals surface area contributed by atoms with Gasteiger partial charge in [0, 0.05) is 23.7 Å². The molecule has 0 radical (unpaired) electrons. The monoisotopic (exact) mass is 518 g/mol. The highest BCUT2D eigenvalue weighted by molar-refractivity contribution is 7.81. The van der Waals surface area contributed by atoms with Crippen LogP contribution in [0.1, 0.15) is 43.9 Å². The van der Waals surface area contributed by atoms with Crippen LogP contribution in [0.25, 0.3) is 0 Å². The second-order valence-corrected chi connectivity index (χ2v) is 9.84. The molecule has 1 saturated carbocycles. The number of carbonyl (C=O) groups excluding carboxylic acids is 2. The summed E-state index contributed by atoms with van der Waals surface area (Å²) in [6.45, 7) is 5.02. The van der Waals surface area contributed by atoms with Crippen molar-refractivity contribution in [2.24, 2.45) is 11.8 Å². The molecule has 0 bridgehead atoms. The third-order valence-corrected chi connectivity index (χ3v) is 6.91. The maximum atomic E-state index is 14.9. The zero-order valence-corrected chi connectivity index (χ0v) is 20.4. The van der Waals surface area contributed by atoms with Crippen LogP contribution in [0.2, 0.25) is 0 Å². The molecule has 36 heavy (non-hydrogen) atoms. The van der Waals surface area contributed by atoms with E-state index in [9.17, 15) is 27.2 Å². The number of benzene rings is 2. The second-order valence-electron chi connectivity index (χ2n) is 9.47. The van der Waals surface area contributed by atoms with Crippen LogP contribution in [0.3, 0.4) is 0 Å². The summed E-state index contributed by atoms with van der Waals surface area (Å²) in [5, 5.41) is 11.6. The van der Waals surface area contributed by atoms with Crippen molar-refractivity contribution in [2.45, 2.75) is 45.5 Å². The summed E-state index contributed by atoms with van der Waals surface area (Å²) in [6, 6.07) is 8.57. The fourth-order valence-corrected chi connectivity index (χ4v) is 4.80. The molecule has 1 N–H and O–H groups in total. The summed E-state index contributed by atoms with van der Waals surface area (Å²) in [5.41, 5.74) is -2.79. The summed E-state index contributed by atoms with van der Waals surface area (Å²) in [6.07, 6.45) is -4.00. The molecule has 6 nitrogen and oxygen atoms in total. The molecule has 188 valence electrons. The Hall–Kier alpha value is -3.52. The maximum Gasteiger partial charge on any atom is 0.417 e. The fraction of sp³-hybridized carbons (Fsp3) is 0.360. The van der Waals surface area contributed by atoms with Crippen molar-refractivity contribution in [2.75, 3.05) is 9.80 Å². The Morgan fingerprint density at radius 3 is 2.42 bits per heavy atom. The molecular weight excluding hydrogens is 496 g/mol. The number of hydrogen-bond donors (Lipinski definition) is 1. The lowest BCUT2D eigenvalue weighted by Gasteiger charge is -2.29. The summed E-state index contributed by atoms with van der Waals surface area (Å²) in [4.78, 5) is 27.6. The van der Waals surface area contributed by atoms with Gasteiger partial charge in [-0.15, -0.1) is 0 Å². The molecule has 2 aromatic carbocycles. The molecule has 1 heterocycles. The van der Waals surface area contributed by atoms with E-state index in [1.54, 1.807) is 0 Å². The molecule has 1 saturated heterocycles. The van der Waals surface area contributed by atoms with E-state index >= 15 is 0 Å². The number of rotatable bonds is 5. The van der Waals surface area contributed by atoms with Crippen LogP contribution in [-0.2, 0) is 22.3 Å². The van der Waals surface area contributed by atoms with Crippen LogP contribution in [0, 0.1) is 29.0 Å². The number of thiocarbonyl (C=S) groups is 1. The first-order valence-corrected chi connectivity index (χ1v) is 11.5. The Balaban J connectivity index is 1.63. The third kappa shape index (κ3) is 4.41. The number of alkyl halides is 3. The Kier molecular flexibility index (Phi) is 6.29. The zero-order chi connectivity index (χ0) is 26.6. The van der Waals surface area contributed by atoms with Crippen molar-refractivity contribution in [3.8, 4) is 6.07 Å². The minimum atomic E-state index is -4.81. The highest BCUT2D eigenvalue weighted by Crippen LogP contribution is 2.40. The Morgan fingerprint density at radius 2 is 1.86 bits per heavy atom. The normalized spacial score (nSPS) is 20.9. The van der Waals surface area contributed by atoms with E-state index in [0.29, 0.717) is 12.0 Å². The van der Waals surface area contributed by atoms with E-state index in [4.69, 9.17) is 17.5 Å². The molecule has 2 unspecified atom stereocenters. The smallest absolute Gasteiger partial charge is 0.352 e. The van der Waals surface area contributed by atoms with Crippen LogP contribution in [0.15, 0.2) is 36.4 Å². The van der Waals surface area contributed by atoms with E-state index < -0.39 is 34.6 Å². The molecule has 1 aliphatic heterocycles. The molecule has 0 aromatic heterocycles. The molecular formula is C25H22F4N4O2S. The van der Waals surface area contributed by atoms with Crippen LogP contribution >= 0.6 is 12.2 Å². The molecule has 2 aromatic rings. The van der Waals surface area contributed by atoms with Crippen molar-refractivity contribution in [3.05, 3.63) is 58.9 Å². The molecule has 11 heteroatoms. The standard InChI is InChI=1S/C25H22F4N4O2S/c1-13-8-18(13)21(34)31-12-15-5-7-17(10-20(15)26)33-23(36)32(22(35)24(33,2)3)16-6-4-14(11-30)19(9-16)25(27,28)29/h4-7,9-10,13,18H,8,12H2,1-3H3,(H,31,34). The van der Waals surface area contributed by atoms with Gasteiger partial charge in [0.2, 0.25) is 5.91 Å². The van der Waals surface area contributed by atoms with Gasteiger partial charge in [-0.2, -0.15) is 18.4 Å². The number of halogens is 4. The molecule has 4 rings (SSSR count). The quantitative estimate of drug-likeness (QED) is 0.450. The Morgan fingerprint density at radius 1 is 1.22 bits per heavy atom. The van der Waals surface area contributed by atoms with E-state index in [1.807, 2.05) is 6.92 Å². The van der Waals surface area contributed by atoms with E-state index in [0.717, 1.165) is 17.4 Å². The molecule has 2 amide bonds. The van der Waals surface area contributed by atoms with Gasteiger partial charge < -0.3 is 10.2 Å². The number of nitrogens with zero attached hydrogens (tertiary/aromatic N) is 3. The van der Waals surface area contributed by atoms with E-state index in [-0.39, 0.29) is 40.4 Å². The van der Waals surface area contributed by atoms with Crippen LogP contribution in [0.5, 0.6) is 0 Å². The SMILES string of the molecule is CC1CC1C(=O)NCc1ccc(N2C(=S)N(c3ccc(C#N)c(C(F)(F)F)c3)C(=O)C2(C)C)cc1F. The van der Waals surface area contributed by atoms with Gasteiger partial charge in [-0.05, 0) is 68.7 Å². The van der Waals surface area contributed by atoms with Gasteiger partial charge in [-0.25, -0.2) is 4.39 Å². The molecule has 2 aliphatic rings. The highest BCUT2D eigenvalue weighted by atomic mass is 32.1. The van der Waals surface area contributed by atoms with E-state index in [2.05, 4.69) is 5.32 Å². The minimum Gasteiger partial charge on any atom is -0.352 e. The Bertz CT molecular complexity index is 1320. The van der Waals surface area contributed by atoms with Gasteiger partial charge in [0.1, 0.15) is 11.4 Å². The lowest BCUT2D eigenvalue weighted by molar-refractivity contribution is -0.137. The average Bonchev–Trinajstić information content (AvgIpc) is 3.50. The summed E-state index contributed by atoms with van der Waals surface area (Å²) in [7, 11) is 0. The molecule has 2 atom stereocenters. The van der Waals surface area contributed by atoms with Gasteiger partial charge in [-0.3, -0.25) is 14.5 Å². The van der Waals surface area contributed by atoms with Crippen molar-refractivity contribution in [1.29, 1.82) is 5.26 Å². The number of carbonyl (C=O) groups is 2. The first-order valence-electron chi connectivity index (χ1n) is 11.1. The number of anilines is 2. The lowest BCUT2D eigenvalue weighted by atomic mass is 10.0. The first kappa shape index (κ1) is 25.6. The largest absolute Gasteiger partial charge is 0.417 e. The van der Waals surface area contributed by atoms with Crippen LogP contribution in [0.4, 0.5) is 28.9 Å². The van der Waals surface area contributed by atoms with Gasteiger partial charge >= 0.3 is 6.18 Å². The first-order chi connectivity index (χ1) is 16.8. The van der Waals surface area contributed by atoms with E-state index in [1.165, 1.54) is 49.1 Å². The van der Waals surface area contributed by atoms with Crippen molar-refractivity contribution in [3.63, 3.8) is 0 Å². The maximum absolute atomic E-state index is 14.9. The summed E-state index contributed by atoms with van der Waals surface area (Å²) >= 11 is 5.46. The van der Waals surface area contributed by atoms with Gasteiger partial charge in [0.05, 0.1) is 22.9 Å². The predicted octanol–water partition coefficient (Wildman–Crippen LogP) is 4.91. The minimum absolute atomic E-state index is 0.00147. The lowest BCUT2D eigenvalue weighted by Crippen LogP contribution is -2.44. The molecule has 0 spiro atoms. The van der Waals surface area contributed by atoms with Crippen molar-refractivity contribution in [1.82, 2.24) is 5.32 Å². The fourth-order valence-electron chi connectivity index (χ4n) is 4.28. The van der Waals surface area contributed by atoms with Crippen LogP contribution < -0.4 is 15.1 Å². The number of nitrogens with one attached hydrogen (secondary N) is 1.